The highest BCUT2D eigenvalue weighted by molar-refractivity contribution is 7.99. The third-order valence-electron chi connectivity index (χ3n) is 3.75. The van der Waals surface area contributed by atoms with Crippen molar-refractivity contribution < 1.29 is 9.59 Å². The lowest BCUT2D eigenvalue weighted by Crippen LogP contribution is -2.45. The van der Waals surface area contributed by atoms with Crippen LogP contribution in [0.15, 0.2) is 29.4 Å². The number of benzene rings is 1. The smallest absolute Gasteiger partial charge is 0.242 e. The maximum atomic E-state index is 12.0. The number of carbonyl (C=O) groups excluding carboxylic acids is 2. The fraction of sp³-hybridized carbons (Fsp3) is 0.444. The number of hydrogen-bond donors (Lipinski definition) is 3. The number of H-pyrrole nitrogens is 1. The predicted octanol–water partition coefficient (Wildman–Crippen LogP) is 2.16. The van der Waals surface area contributed by atoms with E-state index in [2.05, 4.69) is 44.9 Å². The summed E-state index contributed by atoms with van der Waals surface area (Å²) in [6.45, 7) is 6.35. The normalized spacial score (nSPS) is 11.8. The molecule has 7 nitrogen and oxygen atoms in total. The van der Waals surface area contributed by atoms with Crippen molar-refractivity contribution in [2.45, 2.75) is 44.8 Å². The number of aromatic nitrogens is 3. The summed E-state index contributed by atoms with van der Waals surface area (Å²) >= 11 is 1.23. The molecule has 0 saturated heterocycles. The molecule has 2 rings (SSSR count). The average molecular weight is 375 g/mol. The lowest BCUT2D eigenvalue weighted by Gasteiger charge is -2.13. The van der Waals surface area contributed by atoms with Gasteiger partial charge in [0.25, 0.3) is 0 Å². The maximum Gasteiger partial charge on any atom is 0.242 e. The van der Waals surface area contributed by atoms with Crippen molar-refractivity contribution in [2.75, 3.05) is 12.3 Å². The van der Waals surface area contributed by atoms with Crippen LogP contribution in [0.4, 0.5) is 0 Å². The summed E-state index contributed by atoms with van der Waals surface area (Å²) in [6.07, 6.45) is 1.85. The van der Waals surface area contributed by atoms with Crippen LogP contribution in [0, 0.1) is 0 Å². The molecule has 1 aromatic heterocycles. The molecular weight excluding hydrogens is 350 g/mol. The molecule has 3 N–H and O–H groups in total. The largest absolute Gasteiger partial charge is 0.354 e. The van der Waals surface area contributed by atoms with Crippen LogP contribution in [0.3, 0.4) is 0 Å². The molecule has 2 aromatic rings. The van der Waals surface area contributed by atoms with Crippen molar-refractivity contribution in [3.8, 4) is 11.4 Å². The first-order valence-corrected chi connectivity index (χ1v) is 9.73. The molecule has 0 aliphatic rings. The Morgan fingerprint density at radius 1 is 1.23 bits per heavy atom. The molecule has 26 heavy (non-hydrogen) atoms. The third kappa shape index (κ3) is 5.87. The molecule has 0 bridgehead atoms. The van der Waals surface area contributed by atoms with Crippen LogP contribution in [-0.2, 0) is 16.0 Å². The van der Waals surface area contributed by atoms with Gasteiger partial charge < -0.3 is 10.6 Å². The molecule has 1 heterocycles. The quantitative estimate of drug-likeness (QED) is 0.583. The number of amides is 2. The standard InChI is InChI=1S/C18H25N5O2S/c1-4-10-19-17(25)12(3)20-15(24)11-26-18-21-16(22-23-18)14-8-6-13(5-2)7-9-14/h6-9,12H,4-5,10-11H2,1-3H3,(H,19,25)(H,20,24)(H,21,22,23)/t12-/m0/s1. The lowest BCUT2D eigenvalue weighted by molar-refractivity contribution is -0.127. The van der Waals surface area contributed by atoms with Gasteiger partial charge in [0.1, 0.15) is 6.04 Å². The minimum absolute atomic E-state index is 0.150. The highest BCUT2D eigenvalue weighted by Gasteiger charge is 2.16. The molecular formula is C18H25N5O2S. The summed E-state index contributed by atoms with van der Waals surface area (Å²) in [4.78, 5) is 28.1. The van der Waals surface area contributed by atoms with Gasteiger partial charge in [0.05, 0.1) is 5.75 Å². The van der Waals surface area contributed by atoms with Crippen molar-refractivity contribution in [1.82, 2.24) is 25.8 Å². The van der Waals surface area contributed by atoms with Gasteiger partial charge in [-0.25, -0.2) is 4.98 Å². The first-order chi connectivity index (χ1) is 12.5. The van der Waals surface area contributed by atoms with Gasteiger partial charge in [-0.2, -0.15) is 0 Å². The average Bonchev–Trinajstić information content (AvgIpc) is 3.13. The molecule has 0 saturated carbocycles. The second kappa shape index (κ2) is 9.96. The Morgan fingerprint density at radius 3 is 2.62 bits per heavy atom. The van der Waals surface area contributed by atoms with Crippen LogP contribution in [0.5, 0.6) is 0 Å². The molecule has 1 atom stereocenters. The van der Waals surface area contributed by atoms with Gasteiger partial charge in [0.15, 0.2) is 5.82 Å². The third-order valence-corrected chi connectivity index (χ3v) is 4.60. The van der Waals surface area contributed by atoms with E-state index in [1.54, 1.807) is 6.92 Å². The summed E-state index contributed by atoms with van der Waals surface area (Å²) in [7, 11) is 0. The number of nitrogens with one attached hydrogen (secondary N) is 3. The number of aryl methyl sites for hydroxylation is 1. The van der Waals surface area contributed by atoms with Gasteiger partial charge in [0, 0.05) is 12.1 Å². The van der Waals surface area contributed by atoms with E-state index in [4.69, 9.17) is 0 Å². The minimum Gasteiger partial charge on any atom is -0.354 e. The van der Waals surface area contributed by atoms with Crippen molar-refractivity contribution in [1.29, 1.82) is 0 Å². The molecule has 0 aliphatic heterocycles. The topological polar surface area (TPSA) is 99.8 Å². The Kier molecular flexibility index (Phi) is 7.65. The zero-order chi connectivity index (χ0) is 18.9. The first-order valence-electron chi connectivity index (χ1n) is 8.75. The zero-order valence-corrected chi connectivity index (χ0v) is 16.2. The van der Waals surface area contributed by atoms with Gasteiger partial charge in [-0.1, -0.05) is 49.9 Å². The summed E-state index contributed by atoms with van der Waals surface area (Å²) < 4.78 is 0. The highest BCUT2D eigenvalue weighted by atomic mass is 32.2. The van der Waals surface area contributed by atoms with Crippen molar-refractivity contribution >= 4 is 23.6 Å². The number of aromatic amines is 1. The number of thioether (sulfide) groups is 1. The van der Waals surface area contributed by atoms with E-state index in [0.717, 1.165) is 18.4 Å². The zero-order valence-electron chi connectivity index (χ0n) is 15.3. The Balaban J connectivity index is 1.83. The molecule has 0 spiro atoms. The van der Waals surface area contributed by atoms with Gasteiger partial charge in [-0.3, -0.25) is 14.7 Å². The Bertz CT molecular complexity index is 729. The number of nitrogens with zero attached hydrogens (tertiary/aromatic N) is 2. The molecule has 0 aliphatic carbocycles. The van der Waals surface area contributed by atoms with Crippen molar-refractivity contribution in [3.05, 3.63) is 29.8 Å². The maximum absolute atomic E-state index is 12.0. The highest BCUT2D eigenvalue weighted by Crippen LogP contribution is 2.19. The summed E-state index contributed by atoms with van der Waals surface area (Å²) in [5.74, 6) is 0.411. The molecule has 0 fully saturated rings. The van der Waals surface area contributed by atoms with Crippen LogP contribution in [0.25, 0.3) is 11.4 Å². The Morgan fingerprint density at radius 2 is 1.96 bits per heavy atom. The second-order valence-electron chi connectivity index (χ2n) is 5.89. The number of hydrogen-bond acceptors (Lipinski definition) is 5. The fourth-order valence-electron chi connectivity index (χ4n) is 2.22. The van der Waals surface area contributed by atoms with Crippen LogP contribution >= 0.6 is 11.8 Å². The van der Waals surface area contributed by atoms with E-state index in [1.165, 1.54) is 17.3 Å². The molecule has 140 valence electrons. The lowest BCUT2D eigenvalue weighted by atomic mass is 10.1. The minimum atomic E-state index is -0.561. The predicted molar refractivity (Wildman–Crippen MR) is 103 cm³/mol. The SMILES string of the molecule is CCCNC(=O)[C@H](C)NC(=O)CSc1n[nH]c(-c2ccc(CC)cc2)n1. The van der Waals surface area contributed by atoms with E-state index in [1.807, 2.05) is 19.1 Å². The van der Waals surface area contributed by atoms with E-state index < -0.39 is 6.04 Å². The van der Waals surface area contributed by atoms with Crippen LogP contribution in [0.2, 0.25) is 0 Å². The van der Waals surface area contributed by atoms with Crippen molar-refractivity contribution in [3.63, 3.8) is 0 Å². The van der Waals surface area contributed by atoms with Crippen molar-refractivity contribution in [2.24, 2.45) is 0 Å². The first kappa shape index (κ1) is 20.0. The molecule has 0 unspecified atom stereocenters. The Hall–Kier alpha value is -2.35. The molecule has 0 radical (unpaired) electrons. The Labute approximate surface area is 157 Å². The summed E-state index contributed by atoms with van der Waals surface area (Å²) in [5.41, 5.74) is 2.21. The molecule has 2 amide bonds. The van der Waals surface area contributed by atoms with Crippen LogP contribution in [0.1, 0.15) is 32.8 Å². The second-order valence-corrected chi connectivity index (χ2v) is 6.83. The van der Waals surface area contributed by atoms with Crippen LogP contribution < -0.4 is 10.6 Å². The summed E-state index contributed by atoms with van der Waals surface area (Å²) in [5, 5.41) is 12.9. The fourth-order valence-corrected chi connectivity index (χ4v) is 2.83. The molecule has 8 heteroatoms. The van der Waals surface area contributed by atoms with E-state index in [-0.39, 0.29) is 17.6 Å². The van der Waals surface area contributed by atoms with E-state index in [0.29, 0.717) is 17.5 Å². The van der Waals surface area contributed by atoms with Gasteiger partial charge in [-0.05, 0) is 25.3 Å². The van der Waals surface area contributed by atoms with Crippen LogP contribution in [-0.4, -0.2) is 45.3 Å². The number of rotatable bonds is 9. The molecule has 1 aromatic carbocycles. The van der Waals surface area contributed by atoms with Gasteiger partial charge in [-0.15, -0.1) is 5.10 Å². The summed E-state index contributed by atoms with van der Waals surface area (Å²) in [6, 6.07) is 7.55. The van der Waals surface area contributed by atoms with E-state index in [9.17, 15) is 9.59 Å². The number of carbonyl (C=O) groups is 2. The monoisotopic (exact) mass is 375 g/mol. The van der Waals surface area contributed by atoms with E-state index >= 15 is 0 Å². The van der Waals surface area contributed by atoms with Gasteiger partial charge >= 0.3 is 0 Å². The van der Waals surface area contributed by atoms with Gasteiger partial charge in [0.2, 0.25) is 17.0 Å².